The van der Waals surface area contributed by atoms with E-state index in [0.717, 1.165) is 36.8 Å². The standard InChI is InChI=1S/C24H35NO3S/c1-23(2,3)20-14-17(15-21(22(20)26)24(4,5)6)13-19(16-25)29(27,28)18-11-9-7-8-10-12-18/h13-15,18,26H,7-12H2,1-6H3. The van der Waals surface area contributed by atoms with Crippen LogP contribution >= 0.6 is 0 Å². The lowest BCUT2D eigenvalue weighted by Crippen LogP contribution is -2.22. The van der Waals surface area contributed by atoms with E-state index < -0.39 is 15.1 Å². The van der Waals surface area contributed by atoms with E-state index >= 15 is 0 Å². The molecule has 0 heterocycles. The first-order valence-corrected chi connectivity index (χ1v) is 12.1. The fourth-order valence-corrected chi connectivity index (χ4v) is 5.69. The number of rotatable bonds is 3. The molecule has 5 heteroatoms. The summed E-state index contributed by atoms with van der Waals surface area (Å²) in [4.78, 5) is -0.171. The summed E-state index contributed by atoms with van der Waals surface area (Å²) in [5.41, 5.74) is 1.51. The van der Waals surface area contributed by atoms with E-state index in [0.29, 0.717) is 18.4 Å². The molecule has 1 aliphatic rings. The van der Waals surface area contributed by atoms with E-state index in [1.807, 2.05) is 59.7 Å². The first kappa shape index (κ1) is 23.5. The van der Waals surface area contributed by atoms with E-state index in [-0.39, 0.29) is 21.5 Å². The Kier molecular flexibility index (Phi) is 6.89. The second kappa shape index (κ2) is 8.52. The summed E-state index contributed by atoms with van der Waals surface area (Å²) in [6, 6.07) is 5.57. The van der Waals surface area contributed by atoms with Gasteiger partial charge in [-0.05, 0) is 47.4 Å². The van der Waals surface area contributed by atoms with Gasteiger partial charge in [-0.15, -0.1) is 0 Å². The predicted octanol–water partition coefficient (Wildman–Crippen LogP) is 5.99. The Labute approximate surface area is 176 Å². The average Bonchev–Trinajstić information content (AvgIpc) is 2.88. The van der Waals surface area contributed by atoms with Gasteiger partial charge in [0.15, 0.2) is 9.84 Å². The number of hydrogen-bond donors (Lipinski definition) is 1. The van der Waals surface area contributed by atoms with E-state index in [9.17, 15) is 18.8 Å². The SMILES string of the molecule is CC(C)(C)c1cc(C=C(C#N)S(=O)(=O)C2CCCCCC2)cc(C(C)(C)C)c1O. The van der Waals surface area contributed by atoms with Crippen molar-refractivity contribution in [2.75, 3.05) is 0 Å². The molecule has 0 saturated heterocycles. The van der Waals surface area contributed by atoms with Crippen LogP contribution in [0.25, 0.3) is 6.08 Å². The smallest absolute Gasteiger partial charge is 0.191 e. The summed E-state index contributed by atoms with van der Waals surface area (Å²) >= 11 is 0. The summed E-state index contributed by atoms with van der Waals surface area (Å²) in [6.45, 7) is 12.1. The average molecular weight is 418 g/mol. The number of phenolic OH excluding ortho intramolecular Hbond substituents is 1. The molecule has 0 aliphatic heterocycles. The Morgan fingerprint density at radius 2 is 1.45 bits per heavy atom. The molecule has 1 aliphatic carbocycles. The van der Waals surface area contributed by atoms with Gasteiger partial charge >= 0.3 is 0 Å². The van der Waals surface area contributed by atoms with Crippen molar-refractivity contribution in [3.8, 4) is 11.8 Å². The molecular weight excluding hydrogens is 382 g/mol. The minimum atomic E-state index is -3.66. The van der Waals surface area contributed by atoms with Crippen molar-refractivity contribution in [3.05, 3.63) is 33.7 Å². The summed E-state index contributed by atoms with van der Waals surface area (Å²) in [5, 5.41) is 20.1. The molecule has 0 radical (unpaired) electrons. The maximum absolute atomic E-state index is 13.2. The third kappa shape index (κ3) is 5.42. The van der Waals surface area contributed by atoms with Crippen LogP contribution in [0.1, 0.15) is 96.8 Å². The minimum Gasteiger partial charge on any atom is -0.507 e. The molecule has 1 saturated carbocycles. The van der Waals surface area contributed by atoms with Gasteiger partial charge in [0.25, 0.3) is 0 Å². The number of nitriles is 1. The van der Waals surface area contributed by atoms with Gasteiger partial charge in [0, 0.05) is 11.1 Å². The molecule has 0 amide bonds. The van der Waals surface area contributed by atoms with Crippen LogP contribution in [0, 0.1) is 11.3 Å². The fourth-order valence-electron chi connectivity index (χ4n) is 3.94. The number of phenols is 1. The Bertz CT molecular complexity index is 879. The summed E-state index contributed by atoms with van der Waals surface area (Å²) in [5.74, 6) is 0.243. The van der Waals surface area contributed by atoms with Crippen molar-refractivity contribution in [1.29, 1.82) is 5.26 Å². The highest BCUT2D eigenvalue weighted by Crippen LogP contribution is 2.40. The molecule has 29 heavy (non-hydrogen) atoms. The number of aromatic hydroxyl groups is 1. The lowest BCUT2D eigenvalue weighted by Gasteiger charge is -2.28. The van der Waals surface area contributed by atoms with Crippen LogP contribution < -0.4 is 0 Å². The maximum atomic E-state index is 13.2. The van der Waals surface area contributed by atoms with E-state index in [1.165, 1.54) is 6.08 Å². The van der Waals surface area contributed by atoms with Crippen molar-refractivity contribution in [2.45, 2.75) is 96.1 Å². The molecule has 4 nitrogen and oxygen atoms in total. The highest BCUT2D eigenvalue weighted by molar-refractivity contribution is 7.96. The highest BCUT2D eigenvalue weighted by atomic mass is 32.2. The van der Waals surface area contributed by atoms with Crippen LogP contribution in [0.2, 0.25) is 0 Å². The molecule has 2 rings (SSSR count). The normalized spacial score (nSPS) is 17.6. The van der Waals surface area contributed by atoms with Crippen molar-refractivity contribution < 1.29 is 13.5 Å². The van der Waals surface area contributed by atoms with Gasteiger partial charge in [-0.3, -0.25) is 0 Å². The van der Waals surface area contributed by atoms with Gasteiger partial charge < -0.3 is 5.11 Å². The summed E-state index contributed by atoms with van der Waals surface area (Å²) < 4.78 is 26.3. The number of nitrogens with zero attached hydrogens (tertiary/aromatic N) is 1. The lowest BCUT2D eigenvalue weighted by molar-refractivity contribution is 0.423. The zero-order chi connectivity index (χ0) is 22.0. The molecular formula is C24H35NO3S. The Balaban J connectivity index is 2.62. The van der Waals surface area contributed by atoms with Crippen LogP contribution in [0.4, 0.5) is 0 Å². The number of benzene rings is 1. The van der Waals surface area contributed by atoms with E-state index in [2.05, 4.69) is 0 Å². The lowest BCUT2D eigenvalue weighted by atomic mass is 9.78. The quantitative estimate of drug-likeness (QED) is 0.484. The van der Waals surface area contributed by atoms with Gasteiger partial charge in [0.1, 0.15) is 16.7 Å². The van der Waals surface area contributed by atoms with Crippen LogP contribution in [-0.4, -0.2) is 18.8 Å². The molecule has 1 aromatic rings. The van der Waals surface area contributed by atoms with Gasteiger partial charge in [-0.1, -0.05) is 67.2 Å². The monoisotopic (exact) mass is 417 g/mol. The fraction of sp³-hybridized carbons (Fsp3) is 0.625. The Morgan fingerprint density at radius 1 is 1.00 bits per heavy atom. The molecule has 1 N–H and O–H groups in total. The number of hydrogen-bond acceptors (Lipinski definition) is 4. The van der Waals surface area contributed by atoms with Crippen molar-refractivity contribution in [1.82, 2.24) is 0 Å². The number of sulfone groups is 1. The second-order valence-electron chi connectivity index (χ2n) is 10.2. The molecule has 160 valence electrons. The van der Waals surface area contributed by atoms with E-state index in [4.69, 9.17) is 0 Å². The molecule has 1 aromatic carbocycles. The Hall–Kier alpha value is -1.80. The van der Waals surface area contributed by atoms with Gasteiger partial charge in [-0.2, -0.15) is 5.26 Å². The molecule has 0 atom stereocenters. The minimum absolute atomic E-state index is 0.171. The largest absolute Gasteiger partial charge is 0.507 e. The van der Waals surface area contributed by atoms with Gasteiger partial charge in [0.2, 0.25) is 0 Å². The second-order valence-corrected chi connectivity index (χ2v) is 12.4. The first-order chi connectivity index (χ1) is 13.3. The Morgan fingerprint density at radius 3 is 1.83 bits per heavy atom. The number of allylic oxidation sites excluding steroid dienone is 1. The topological polar surface area (TPSA) is 78.2 Å². The van der Waals surface area contributed by atoms with Crippen LogP contribution in [0.15, 0.2) is 17.0 Å². The predicted molar refractivity (Wildman–Crippen MR) is 120 cm³/mol. The molecule has 1 fully saturated rings. The summed E-state index contributed by atoms with van der Waals surface area (Å²) in [6.07, 6.45) is 6.63. The highest BCUT2D eigenvalue weighted by Gasteiger charge is 2.31. The molecule has 0 bridgehead atoms. The third-order valence-corrected chi connectivity index (χ3v) is 7.88. The van der Waals surface area contributed by atoms with Crippen molar-refractivity contribution in [2.24, 2.45) is 0 Å². The van der Waals surface area contributed by atoms with Gasteiger partial charge in [0.05, 0.1) is 5.25 Å². The van der Waals surface area contributed by atoms with Gasteiger partial charge in [-0.25, -0.2) is 8.42 Å². The third-order valence-electron chi connectivity index (χ3n) is 5.70. The molecule has 0 spiro atoms. The maximum Gasteiger partial charge on any atom is 0.191 e. The summed E-state index contributed by atoms with van der Waals surface area (Å²) in [7, 11) is -3.66. The van der Waals surface area contributed by atoms with Crippen LogP contribution in [-0.2, 0) is 20.7 Å². The molecule has 0 aromatic heterocycles. The van der Waals surface area contributed by atoms with E-state index in [1.54, 1.807) is 0 Å². The zero-order valence-corrected chi connectivity index (χ0v) is 19.5. The molecule has 0 unspecified atom stereocenters. The van der Waals surface area contributed by atoms with Crippen LogP contribution in [0.3, 0.4) is 0 Å². The zero-order valence-electron chi connectivity index (χ0n) is 18.7. The van der Waals surface area contributed by atoms with Crippen molar-refractivity contribution >= 4 is 15.9 Å². The first-order valence-electron chi connectivity index (χ1n) is 10.5. The van der Waals surface area contributed by atoms with Crippen LogP contribution in [0.5, 0.6) is 5.75 Å². The van der Waals surface area contributed by atoms with Crippen molar-refractivity contribution in [3.63, 3.8) is 0 Å².